The molecule has 0 N–H and O–H groups in total. The van der Waals surface area contributed by atoms with Crippen LogP contribution in [0, 0.1) is 5.82 Å². The van der Waals surface area contributed by atoms with Gasteiger partial charge < -0.3 is 4.74 Å². The number of benzene rings is 1. The molecule has 0 saturated carbocycles. The standard InChI is InChI=1S/C20H13FN4O3S/c1-12(26)28-17-16(9-4-13-3-2-10-22-11-13)23-20-25(19(17)27)24-18(29-20)14-5-7-15(21)8-6-14/h2-11H,1H3/b9-4+. The van der Waals surface area contributed by atoms with Crippen LogP contribution in [0.15, 0.2) is 53.6 Å². The Hall–Kier alpha value is -3.72. The van der Waals surface area contributed by atoms with Gasteiger partial charge in [-0.25, -0.2) is 9.37 Å². The number of hydrogen-bond acceptors (Lipinski definition) is 7. The van der Waals surface area contributed by atoms with Crippen molar-refractivity contribution < 1.29 is 13.9 Å². The lowest BCUT2D eigenvalue weighted by Gasteiger charge is -2.04. The average Bonchev–Trinajstić information content (AvgIpc) is 3.14. The number of carbonyl (C=O) groups is 1. The average molecular weight is 408 g/mol. The van der Waals surface area contributed by atoms with Crippen LogP contribution in [0.2, 0.25) is 0 Å². The van der Waals surface area contributed by atoms with E-state index in [2.05, 4.69) is 15.1 Å². The number of nitrogens with zero attached hydrogens (tertiary/aromatic N) is 4. The maximum absolute atomic E-state index is 13.2. The van der Waals surface area contributed by atoms with E-state index in [9.17, 15) is 14.0 Å². The summed E-state index contributed by atoms with van der Waals surface area (Å²) >= 11 is 1.17. The molecular weight excluding hydrogens is 395 g/mol. The highest BCUT2D eigenvalue weighted by Gasteiger charge is 2.18. The predicted molar refractivity (Wildman–Crippen MR) is 107 cm³/mol. The first kappa shape index (κ1) is 18.6. The van der Waals surface area contributed by atoms with Crippen molar-refractivity contribution in [3.8, 4) is 16.3 Å². The number of ether oxygens (including phenoxy) is 1. The zero-order chi connectivity index (χ0) is 20.4. The van der Waals surface area contributed by atoms with E-state index in [1.165, 1.54) is 30.4 Å². The van der Waals surface area contributed by atoms with Gasteiger partial charge in [-0.05, 0) is 42.0 Å². The molecule has 0 aliphatic heterocycles. The summed E-state index contributed by atoms with van der Waals surface area (Å²) < 4.78 is 19.4. The van der Waals surface area contributed by atoms with E-state index in [0.29, 0.717) is 15.5 Å². The summed E-state index contributed by atoms with van der Waals surface area (Å²) in [4.78, 5) is 33.1. The van der Waals surface area contributed by atoms with Crippen LogP contribution in [-0.2, 0) is 4.79 Å². The van der Waals surface area contributed by atoms with Crippen LogP contribution >= 0.6 is 11.3 Å². The quantitative estimate of drug-likeness (QED) is 0.481. The van der Waals surface area contributed by atoms with E-state index in [0.717, 1.165) is 10.1 Å². The molecule has 144 valence electrons. The minimum Gasteiger partial charge on any atom is -0.418 e. The summed E-state index contributed by atoms with van der Waals surface area (Å²) in [6.07, 6.45) is 6.58. The molecule has 0 amide bonds. The van der Waals surface area contributed by atoms with E-state index in [4.69, 9.17) is 4.74 Å². The first-order chi connectivity index (χ1) is 14.0. The number of pyridine rings is 1. The molecular formula is C20H13FN4O3S. The van der Waals surface area contributed by atoms with Gasteiger partial charge in [-0.1, -0.05) is 23.5 Å². The number of aromatic nitrogens is 4. The van der Waals surface area contributed by atoms with Gasteiger partial charge in [0.15, 0.2) is 0 Å². The molecule has 0 spiro atoms. The Morgan fingerprint density at radius 2 is 2.00 bits per heavy atom. The normalized spacial score (nSPS) is 11.2. The summed E-state index contributed by atoms with van der Waals surface area (Å²) in [6.45, 7) is 1.20. The third kappa shape index (κ3) is 3.94. The van der Waals surface area contributed by atoms with Crippen molar-refractivity contribution in [1.29, 1.82) is 0 Å². The molecule has 4 rings (SSSR count). The monoisotopic (exact) mass is 408 g/mol. The van der Waals surface area contributed by atoms with Gasteiger partial charge in [-0.2, -0.15) is 9.61 Å². The first-order valence-corrected chi connectivity index (χ1v) is 9.29. The van der Waals surface area contributed by atoms with Crippen molar-refractivity contribution in [3.05, 3.63) is 76.2 Å². The zero-order valence-corrected chi connectivity index (χ0v) is 15.9. The molecule has 0 saturated heterocycles. The van der Waals surface area contributed by atoms with Gasteiger partial charge in [0.1, 0.15) is 16.5 Å². The zero-order valence-electron chi connectivity index (χ0n) is 15.1. The van der Waals surface area contributed by atoms with Gasteiger partial charge >= 0.3 is 11.5 Å². The van der Waals surface area contributed by atoms with E-state index in [1.807, 2.05) is 6.07 Å². The second kappa shape index (κ2) is 7.72. The van der Waals surface area contributed by atoms with E-state index in [-0.39, 0.29) is 17.3 Å². The summed E-state index contributed by atoms with van der Waals surface area (Å²) in [6, 6.07) is 9.35. The minimum atomic E-state index is -0.645. The van der Waals surface area contributed by atoms with Crippen molar-refractivity contribution in [2.45, 2.75) is 6.92 Å². The molecule has 0 atom stereocenters. The molecule has 3 heterocycles. The van der Waals surface area contributed by atoms with Gasteiger partial charge in [0.2, 0.25) is 10.7 Å². The van der Waals surface area contributed by atoms with E-state index >= 15 is 0 Å². The van der Waals surface area contributed by atoms with E-state index in [1.54, 1.807) is 42.7 Å². The van der Waals surface area contributed by atoms with Crippen LogP contribution in [0.4, 0.5) is 4.39 Å². The Bertz CT molecular complexity index is 1280. The van der Waals surface area contributed by atoms with Crippen LogP contribution in [-0.4, -0.2) is 25.6 Å². The lowest BCUT2D eigenvalue weighted by atomic mass is 10.2. The topological polar surface area (TPSA) is 86.4 Å². The Morgan fingerprint density at radius 3 is 2.69 bits per heavy atom. The number of hydrogen-bond donors (Lipinski definition) is 0. The van der Waals surface area contributed by atoms with Gasteiger partial charge in [0, 0.05) is 24.9 Å². The van der Waals surface area contributed by atoms with Crippen LogP contribution in [0.25, 0.3) is 27.7 Å². The maximum Gasteiger partial charge on any atom is 0.318 e. The fourth-order valence-corrected chi connectivity index (χ4v) is 3.46. The van der Waals surface area contributed by atoms with Crippen molar-refractivity contribution in [3.63, 3.8) is 0 Å². The van der Waals surface area contributed by atoms with Crippen LogP contribution in [0.3, 0.4) is 0 Å². The SMILES string of the molecule is CC(=O)Oc1c(/C=C/c2cccnc2)nc2sc(-c3ccc(F)cc3)nn2c1=O. The molecule has 9 heteroatoms. The summed E-state index contributed by atoms with van der Waals surface area (Å²) in [5.74, 6) is -1.23. The molecule has 4 aromatic rings. The second-order valence-corrected chi connectivity index (χ2v) is 6.91. The molecule has 0 fully saturated rings. The van der Waals surface area contributed by atoms with Crippen molar-refractivity contribution in [2.75, 3.05) is 0 Å². The Kier molecular flexibility index (Phi) is 4.96. The summed E-state index contributed by atoms with van der Waals surface area (Å²) in [7, 11) is 0. The molecule has 0 radical (unpaired) electrons. The minimum absolute atomic E-state index is 0.198. The molecule has 0 bridgehead atoms. The molecule has 1 aromatic carbocycles. The third-order valence-corrected chi connectivity index (χ3v) is 4.81. The van der Waals surface area contributed by atoms with Gasteiger partial charge in [0.05, 0.1) is 0 Å². The fraction of sp³-hybridized carbons (Fsp3) is 0.0500. The van der Waals surface area contributed by atoms with Crippen LogP contribution in [0.5, 0.6) is 5.75 Å². The lowest BCUT2D eigenvalue weighted by molar-refractivity contribution is -0.132. The molecule has 0 aliphatic rings. The van der Waals surface area contributed by atoms with Crippen molar-refractivity contribution in [2.24, 2.45) is 0 Å². The van der Waals surface area contributed by atoms with E-state index < -0.39 is 11.5 Å². The number of fused-ring (bicyclic) bond motifs is 1. The van der Waals surface area contributed by atoms with Gasteiger partial charge in [-0.3, -0.25) is 14.6 Å². The smallest absolute Gasteiger partial charge is 0.318 e. The molecule has 7 nitrogen and oxygen atoms in total. The number of carbonyl (C=O) groups excluding carboxylic acids is 1. The molecule has 0 unspecified atom stereocenters. The van der Waals surface area contributed by atoms with Crippen molar-refractivity contribution in [1.82, 2.24) is 19.6 Å². The highest BCUT2D eigenvalue weighted by molar-refractivity contribution is 7.19. The first-order valence-electron chi connectivity index (χ1n) is 8.47. The number of halogens is 1. The fourth-order valence-electron chi connectivity index (χ4n) is 2.56. The third-order valence-electron chi connectivity index (χ3n) is 3.85. The molecule has 3 aromatic heterocycles. The largest absolute Gasteiger partial charge is 0.418 e. The molecule has 0 aliphatic carbocycles. The summed E-state index contributed by atoms with van der Waals surface area (Å²) in [5, 5.41) is 4.73. The Balaban J connectivity index is 1.85. The Labute approximate surface area is 167 Å². The Morgan fingerprint density at radius 1 is 1.21 bits per heavy atom. The number of esters is 1. The lowest BCUT2D eigenvalue weighted by Crippen LogP contribution is -2.21. The highest BCUT2D eigenvalue weighted by Crippen LogP contribution is 2.26. The van der Waals surface area contributed by atoms with Crippen molar-refractivity contribution >= 4 is 34.4 Å². The van der Waals surface area contributed by atoms with Gasteiger partial charge in [0.25, 0.3) is 0 Å². The summed E-state index contributed by atoms with van der Waals surface area (Å²) in [5.41, 5.74) is 1.02. The highest BCUT2D eigenvalue weighted by atomic mass is 32.1. The maximum atomic E-state index is 13.2. The predicted octanol–water partition coefficient (Wildman–Crippen LogP) is 3.45. The number of rotatable bonds is 4. The van der Waals surface area contributed by atoms with Crippen LogP contribution in [0.1, 0.15) is 18.2 Å². The second-order valence-electron chi connectivity index (χ2n) is 5.95. The van der Waals surface area contributed by atoms with Gasteiger partial charge in [-0.15, -0.1) is 0 Å². The van der Waals surface area contributed by atoms with Crippen LogP contribution < -0.4 is 10.3 Å². The molecule has 29 heavy (non-hydrogen) atoms.